The van der Waals surface area contributed by atoms with Gasteiger partial charge in [0, 0.05) is 41.5 Å². The maximum Gasteiger partial charge on any atom is 0.271 e. The number of benzene rings is 1. The average molecular weight is 427 g/mol. The number of aromatic nitrogens is 4. The van der Waals surface area contributed by atoms with Crippen molar-refractivity contribution in [1.29, 1.82) is 0 Å². The molecule has 0 saturated heterocycles. The molecule has 148 valence electrons. The number of pyridine rings is 1. The van der Waals surface area contributed by atoms with Crippen LogP contribution in [0, 0.1) is 6.92 Å². The number of nitrogens with zero attached hydrogens (tertiary/aromatic N) is 3. The Morgan fingerprint density at radius 2 is 2.14 bits per heavy atom. The number of thiazole rings is 1. The van der Waals surface area contributed by atoms with E-state index in [0.29, 0.717) is 28.8 Å². The van der Waals surface area contributed by atoms with Crippen molar-refractivity contribution in [2.24, 2.45) is 0 Å². The number of aryl methyl sites for hydroxylation is 1. The van der Waals surface area contributed by atoms with Crippen LogP contribution in [0.4, 0.5) is 0 Å². The molecular weight excluding hydrogens is 408 g/mol. The van der Waals surface area contributed by atoms with E-state index in [1.807, 2.05) is 38.2 Å². The summed E-state index contributed by atoms with van der Waals surface area (Å²) in [5, 5.41) is 15.7. The van der Waals surface area contributed by atoms with Crippen LogP contribution in [0.5, 0.6) is 0 Å². The highest BCUT2D eigenvalue weighted by molar-refractivity contribution is 7.18. The molecule has 0 atom stereocenters. The van der Waals surface area contributed by atoms with Crippen molar-refractivity contribution < 1.29 is 4.79 Å². The molecule has 0 radical (unpaired) electrons. The maximum atomic E-state index is 12.8. The normalized spacial score (nSPS) is 11.1. The second-order valence-corrected chi connectivity index (χ2v) is 7.87. The van der Waals surface area contributed by atoms with Crippen LogP contribution < -0.4 is 10.6 Å². The number of amides is 1. The standard InChI is InChI=1S/C20H19ClN6OS/c1-11-14(21)6-5-13-15(11)26-27-16(13)20-25-17(19(28)24-9-8-22-2)18(29-20)12-4-3-7-23-10-12/h3-7,10,22H,8-9H2,1-2H3,(H,24,28)(H,26,27). The van der Waals surface area contributed by atoms with Gasteiger partial charge in [-0.25, -0.2) is 4.98 Å². The minimum atomic E-state index is -0.218. The van der Waals surface area contributed by atoms with Gasteiger partial charge >= 0.3 is 0 Å². The van der Waals surface area contributed by atoms with Crippen LogP contribution in [0.15, 0.2) is 36.7 Å². The minimum Gasteiger partial charge on any atom is -0.349 e. The van der Waals surface area contributed by atoms with Crippen molar-refractivity contribution in [1.82, 2.24) is 30.8 Å². The first-order valence-corrected chi connectivity index (χ1v) is 10.3. The van der Waals surface area contributed by atoms with E-state index in [4.69, 9.17) is 11.6 Å². The zero-order valence-electron chi connectivity index (χ0n) is 15.9. The predicted molar refractivity (Wildman–Crippen MR) is 116 cm³/mol. The van der Waals surface area contributed by atoms with Crippen LogP contribution in [0.25, 0.3) is 32.0 Å². The molecule has 3 heterocycles. The number of H-pyrrole nitrogens is 1. The van der Waals surface area contributed by atoms with Gasteiger partial charge in [0.25, 0.3) is 5.91 Å². The molecule has 3 aromatic heterocycles. The molecule has 29 heavy (non-hydrogen) atoms. The summed E-state index contributed by atoms with van der Waals surface area (Å²) >= 11 is 7.65. The second-order valence-electron chi connectivity index (χ2n) is 6.47. The van der Waals surface area contributed by atoms with Crippen molar-refractivity contribution in [3.8, 4) is 21.1 Å². The van der Waals surface area contributed by atoms with Crippen LogP contribution in [-0.4, -0.2) is 46.2 Å². The molecule has 0 fully saturated rings. The van der Waals surface area contributed by atoms with Crippen molar-refractivity contribution in [3.63, 3.8) is 0 Å². The first kappa shape index (κ1) is 19.5. The lowest BCUT2D eigenvalue weighted by atomic mass is 10.1. The van der Waals surface area contributed by atoms with E-state index in [1.165, 1.54) is 11.3 Å². The zero-order valence-corrected chi connectivity index (χ0v) is 17.5. The molecule has 3 N–H and O–H groups in total. The lowest BCUT2D eigenvalue weighted by molar-refractivity contribution is 0.0950. The summed E-state index contributed by atoms with van der Waals surface area (Å²) in [6, 6.07) is 7.53. The fraction of sp³-hybridized carbons (Fsp3) is 0.200. The Morgan fingerprint density at radius 3 is 2.90 bits per heavy atom. The van der Waals surface area contributed by atoms with Gasteiger partial charge in [-0.15, -0.1) is 11.3 Å². The molecule has 7 nitrogen and oxygen atoms in total. The second kappa shape index (κ2) is 8.28. The number of likely N-dealkylation sites (N-methyl/N-ethyl adjacent to an activating group) is 1. The van der Waals surface area contributed by atoms with E-state index in [9.17, 15) is 4.79 Å². The Balaban J connectivity index is 1.81. The topological polar surface area (TPSA) is 95.6 Å². The largest absolute Gasteiger partial charge is 0.349 e. The highest BCUT2D eigenvalue weighted by Crippen LogP contribution is 2.38. The monoisotopic (exact) mass is 426 g/mol. The van der Waals surface area contributed by atoms with Gasteiger partial charge in [0.15, 0.2) is 0 Å². The molecule has 1 aromatic carbocycles. The fourth-order valence-electron chi connectivity index (χ4n) is 3.01. The third-order valence-corrected chi connectivity index (χ3v) is 6.09. The van der Waals surface area contributed by atoms with E-state index in [2.05, 4.69) is 30.8 Å². The van der Waals surface area contributed by atoms with Gasteiger partial charge < -0.3 is 10.6 Å². The van der Waals surface area contributed by atoms with Crippen molar-refractivity contribution in [2.75, 3.05) is 20.1 Å². The van der Waals surface area contributed by atoms with E-state index in [0.717, 1.165) is 32.6 Å². The van der Waals surface area contributed by atoms with Gasteiger partial charge in [0.05, 0.1) is 10.4 Å². The van der Waals surface area contributed by atoms with Crippen molar-refractivity contribution in [3.05, 3.63) is 52.9 Å². The molecule has 0 unspecified atom stereocenters. The molecule has 1 amide bonds. The molecule has 0 aliphatic rings. The first-order chi connectivity index (χ1) is 14.1. The van der Waals surface area contributed by atoms with Gasteiger partial charge in [0.1, 0.15) is 16.4 Å². The van der Waals surface area contributed by atoms with Crippen LogP contribution in [0.2, 0.25) is 5.02 Å². The summed E-state index contributed by atoms with van der Waals surface area (Å²) in [6.07, 6.45) is 3.43. The van der Waals surface area contributed by atoms with Gasteiger partial charge in [-0.2, -0.15) is 5.10 Å². The molecular formula is C20H19ClN6OS. The molecule has 4 rings (SSSR count). The number of nitrogens with one attached hydrogen (secondary N) is 3. The Hall–Kier alpha value is -2.81. The number of fused-ring (bicyclic) bond motifs is 1. The predicted octanol–water partition coefficient (Wildman–Crippen LogP) is 3.66. The summed E-state index contributed by atoms with van der Waals surface area (Å²) in [5.41, 5.74) is 3.69. The molecule has 9 heteroatoms. The number of halogens is 1. The molecule has 0 saturated carbocycles. The third kappa shape index (κ3) is 3.74. The molecule has 4 aromatic rings. The van der Waals surface area contributed by atoms with Crippen LogP contribution >= 0.6 is 22.9 Å². The average Bonchev–Trinajstić information content (AvgIpc) is 3.36. The maximum absolute atomic E-state index is 12.8. The number of aromatic amines is 1. The number of carbonyl (C=O) groups is 1. The van der Waals surface area contributed by atoms with Gasteiger partial charge in [0.2, 0.25) is 0 Å². The van der Waals surface area contributed by atoms with Gasteiger partial charge in [-0.3, -0.25) is 14.9 Å². The number of hydrogen-bond acceptors (Lipinski definition) is 6. The first-order valence-electron chi connectivity index (χ1n) is 9.07. The van der Waals surface area contributed by atoms with Crippen molar-refractivity contribution >= 4 is 39.7 Å². The molecule has 0 aliphatic carbocycles. The summed E-state index contributed by atoms with van der Waals surface area (Å²) in [7, 11) is 1.84. The lowest BCUT2D eigenvalue weighted by Crippen LogP contribution is -2.30. The molecule has 0 aliphatic heterocycles. The number of carbonyl (C=O) groups excluding carboxylic acids is 1. The highest BCUT2D eigenvalue weighted by atomic mass is 35.5. The molecule has 0 bridgehead atoms. The number of rotatable bonds is 6. The highest BCUT2D eigenvalue weighted by Gasteiger charge is 2.22. The Bertz CT molecular complexity index is 1170. The summed E-state index contributed by atoms with van der Waals surface area (Å²) in [6.45, 7) is 3.12. The van der Waals surface area contributed by atoms with Crippen LogP contribution in [-0.2, 0) is 0 Å². The summed E-state index contributed by atoms with van der Waals surface area (Å²) in [4.78, 5) is 22.4. The Labute approximate surface area is 176 Å². The SMILES string of the molecule is CNCCNC(=O)c1nc(-c2[nH]nc3c(C)c(Cl)ccc23)sc1-c1cccnc1. The molecule has 0 spiro atoms. The van der Waals surface area contributed by atoms with Crippen LogP contribution in [0.1, 0.15) is 16.1 Å². The van der Waals surface area contributed by atoms with E-state index < -0.39 is 0 Å². The smallest absolute Gasteiger partial charge is 0.271 e. The van der Waals surface area contributed by atoms with E-state index >= 15 is 0 Å². The summed E-state index contributed by atoms with van der Waals surface area (Å²) < 4.78 is 0. The zero-order chi connectivity index (χ0) is 20.4. The summed E-state index contributed by atoms with van der Waals surface area (Å²) in [5.74, 6) is -0.218. The van der Waals surface area contributed by atoms with Gasteiger partial charge in [-0.1, -0.05) is 17.7 Å². The van der Waals surface area contributed by atoms with E-state index in [-0.39, 0.29) is 5.91 Å². The van der Waals surface area contributed by atoms with E-state index in [1.54, 1.807) is 12.4 Å². The van der Waals surface area contributed by atoms with Crippen molar-refractivity contribution in [2.45, 2.75) is 6.92 Å². The minimum absolute atomic E-state index is 0.218. The lowest BCUT2D eigenvalue weighted by Gasteiger charge is -2.04. The Kier molecular flexibility index (Phi) is 5.57. The van der Waals surface area contributed by atoms with Crippen LogP contribution in [0.3, 0.4) is 0 Å². The number of hydrogen-bond donors (Lipinski definition) is 3. The Morgan fingerprint density at radius 1 is 1.28 bits per heavy atom. The quantitative estimate of drug-likeness (QED) is 0.409. The third-order valence-electron chi connectivity index (χ3n) is 4.55. The van der Waals surface area contributed by atoms with Gasteiger partial charge in [-0.05, 0) is 37.7 Å². The fourth-order valence-corrected chi connectivity index (χ4v) is 4.23.